The van der Waals surface area contributed by atoms with Gasteiger partial charge in [-0.05, 0) is 60.6 Å². The number of hydrogen-bond acceptors (Lipinski definition) is 9. The maximum Gasteiger partial charge on any atom is 0.309 e. The van der Waals surface area contributed by atoms with Crippen molar-refractivity contribution in [2.45, 2.75) is 52.0 Å². The van der Waals surface area contributed by atoms with E-state index in [0.717, 1.165) is 53.8 Å². The van der Waals surface area contributed by atoms with Crippen LogP contribution in [0.3, 0.4) is 0 Å². The maximum absolute atomic E-state index is 11.6. The Morgan fingerprint density at radius 2 is 2.07 bits per heavy atom. The molecule has 0 saturated carbocycles. The molecule has 9 nitrogen and oxygen atoms in total. The van der Waals surface area contributed by atoms with Gasteiger partial charge in [0.1, 0.15) is 12.4 Å². The van der Waals surface area contributed by atoms with E-state index in [9.17, 15) is 9.90 Å². The third-order valence-corrected chi connectivity index (χ3v) is 9.77. The van der Waals surface area contributed by atoms with Gasteiger partial charge in [-0.25, -0.2) is 4.98 Å². The van der Waals surface area contributed by atoms with Crippen molar-refractivity contribution < 1.29 is 28.8 Å². The predicted octanol–water partition coefficient (Wildman–Crippen LogP) is 4.71. The van der Waals surface area contributed by atoms with Gasteiger partial charge in [-0.1, -0.05) is 24.3 Å². The summed E-state index contributed by atoms with van der Waals surface area (Å²) >= 11 is 1.57. The molecule has 3 aliphatic rings. The molecular formula is C33H41N3O6S. The number of rotatable bonds is 9. The first-order valence-corrected chi connectivity index (χ1v) is 16.0. The molecule has 2 saturated heterocycles. The quantitative estimate of drug-likeness (QED) is 0.371. The predicted molar refractivity (Wildman–Crippen MR) is 166 cm³/mol. The number of thiazole rings is 1. The van der Waals surface area contributed by atoms with Crippen LogP contribution >= 0.6 is 11.3 Å². The average Bonchev–Trinajstić information content (AvgIpc) is 3.51. The third-order valence-electron chi connectivity index (χ3n) is 8.86. The Hall–Kier alpha value is -3.02. The molecule has 1 aromatic heterocycles. The van der Waals surface area contributed by atoms with E-state index in [2.05, 4.69) is 53.3 Å². The van der Waals surface area contributed by atoms with Crippen LogP contribution in [-0.2, 0) is 38.6 Å². The van der Waals surface area contributed by atoms with Crippen LogP contribution in [0, 0.1) is 19.8 Å². The van der Waals surface area contributed by atoms with Gasteiger partial charge in [-0.3, -0.25) is 9.69 Å². The van der Waals surface area contributed by atoms with E-state index in [1.165, 1.54) is 22.3 Å². The number of benzene rings is 2. The Morgan fingerprint density at radius 1 is 1.19 bits per heavy atom. The second kappa shape index (κ2) is 13.3. The number of aryl methyl sites for hydroxylation is 2. The number of ether oxygens (including phenoxy) is 4. The molecule has 4 heterocycles. The number of para-hydroxylation sites is 1. The second-order valence-electron chi connectivity index (χ2n) is 11.8. The minimum absolute atomic E-state index is 0.159. The number of carboxylic acid groups (broad SMARTS) is 1. The van der Waals surface area contributed by atoms with Crippen LogP contribution in [0.5, 0.6) is 5.75 Å². The summed E-state index contributed by atoms with van der Waals surface area (Å²) in [6, 6.07) is 10.7. The molecule has 3 aliphatic heterocycles. The van der Waals surface area contributed by atoms with E-state index in [-0.39, 0.29) is 12.2 Å². The zero-order valence-corrected chi connectivity index (χ0v) is 26.0. The smallest absolute Gasteiger partial charge is 0.309 e. The summed E-state index contributed by atoms with van der Waals surface area (Å²) in [5.41, 5.74) is 8.19. The summed E-state index contributed by atoms with van der Waals surface area (Å²) in [6.07, 6.45) is 1.35. The van der Waals surface area contributed by atoms with E-state index in [1.54, 1.807) is 18.4 Å². The van der Waals surface area contributed by atoms with Crippen molar-refractivity contribution in [3.05, 3.63) is 63.5 Å². The molecule has 0 amide bonds. The van der Waals surface area contributed by atoms with Gasteiger partial charge in [0.25, 0.3) is 0 Å². The van der Waals surface area contributed by atoms with Crippen molar-refractivity contribution in [1.29, 1.82) is 0 Å². The fourth-order valence-corrected chi connectivity index (χ4v) is 7.38. The molecule has 1 unspecified atom stereocenters. The summed E-state index contributed by atoms with van der Waals surface area (Å²) in [7, 11) is 1.58. The number of nitrogens with zero attached hydrogens (tertiary/aromatic N) is 3. The lowest BCUT2D eigenvalue weighted by atomic mass is 9.93. The molecule has 0 aliphatic carbocycles. The Balaban J connectivity index is 1.14. The van der Waals surface area contributed by atoms with Gasteiger partial charge in [-0.2, -0.15) is 0 Å². The molecule has 1 N–H and O–H groups in total. The number of methoxy groups -OCH3 is 1. The van der Waals surface area contributed by atoms with Crippen molar-refractivity contribution in [3.63, 3.8) is 0 Å². The molecular weight excluding hydrogens is 566 g/mol. The zero-order chi connectivity index (χ0) is 29.9. The van der Waals surface area contributed by atoms with Gasteiger partial charge in [-0.15, -0.1) is 11.3 Å². The second-order valence-corrected chi connectivity index (χ2v) is 12.6. The largest absolute Gasteiger partial charge is 0.488 e. The zero-order valence-electron chi connectivity index (χ0n) is 25.2. The topological polar surface area (TPSA) is 93.6 Å². The van der Waals surface area contributed by atoms with E-state index < -0.39 is 11.9 Å². The standard InChI is InChI=1S/C33H41N3O6S/c1-21-5-4-6-26(29-20-43-33(34-29)36-10-8-27(32(37)38)30(17-36)39-3)31(21)42-18-23-13-22(2)28-16-35(9-7-24(28)14-23)15-25-19-40-11-12-41-25/h4-6,13-14,20,25,27,30H,7-12,15-19H2,1-3H3,(H,37,38)/t25?,27-,30+/m1/s1. The molecule has 43 heavy (non-hydrogen) atoms. The molecule has 3 aromatic rings. The number of anilines is 1. The maximum atomic E-state index is 11.6. The normalized spacial score (nSPS) is 22.8. The van der Waals surface area contributed by atoms with Crippen molar-refractivity contribution in [3.8, 4) is 17.0 Å². The third kappa shape index (κ3) is 6.73. The summed E-state index contributed by atoms with van der Waals surface area (Å²) in [5.74, 6) is -0.450. The number of aliphatic carboxylic acids is 1. The molecule has 3 atom stereocenters. The fraction of sp³-hybridized carbons (Fsp3) is 0.515. The lowest BCUT2D eigenvalue weighted by Gasteiger charge is -2.35. The molecule has 0 bridgehead atoms. The van der Waals surface area contributed by atoms with Crippen molar-refractivity contribution in [2.75, 3.05) is 58.0 Å². The number of carbonyl (C=O) groups is 1. The first kappa shape index (κ1) is 30.0. The van der Waals surface area contributed by atoms with Crippen molar-refractivity contribution in [1.82, 2.24) is 9.88 Å². The first-order chi connectivity index (χ1) is 20.9. The van der Waals surface area contributed by atoms with Crippen LogP contribution in [-0.4, -0.2) is 86.3 Å². The molecule has 0 spiro atoms. The highest BCUT2D eigenvalue weighted by Gasteiger charge is 2.35. The molecule has 230 valence electrons. The molecule has 0 radical (unpaired) electrons. The highest BCUT2D eigenvalue weighted by Crippen LogP contribution is 2.37. The Bertz CT molecular complexity index is 1440. The Labute approximate surface area is 257 Å². The summed E-state index contributed by atoms with van der Waals surface area (Å²) < 4.78 is 23.5. The minimum Gasteiger partial charge on any atom is -0.488 e. The number of hydrogen-bond donors (Lipinski definition) is 1. The van der Waals surface area contributed by atoms with Crippen LogP contribution in [0.2, 0.25) is 0 Å². The minimum atomic E-state index is -0.802. The number of fused-ring (bicyclic) bond motifs is 1. The SMILES string of the molecule is CO[C@H]1CN(c2nc(-c3cccc(C)c3OCc3cc(C)c4c(c3)CCN(CC3COCCO3)C4)cs2)CC[C@H]1C(=O)O. The summed E-state index contributed by atoms with van der Waals surface area (Å²) in [4.78, 5) is 21.2. The van der Waals surface area contributed by atoms with Gasteiger partial charge in [0.2, 0.25) is 0 Å². The molecule has 2 fully saturated rings. The van der Waals surface area contributed by atoms with Gasteiger partial charge in [0.15, 0.2) is 5.13 Å². The van der Waals surface area contributed by atoms with Gasteiger partial charge >= 0.3 is 5.97 Å². The summed E-state index contributed by atoms with van der Waals surface area (Å²) in [5, 5.41) is 12.5. The average molecular weight is 608 g/mol. The van der Waals surface area contributed by atoms with Crippen LogP contribution in [0.4, 0.5) is 5.13 Å². The van der Waals surface area contributed by atoms with Crippen LogP contribution < -0.4 is 9.64 Å². The highest BCUT2D eigenvalue weighted by atomic mass is 32.1. The molecule has 6 rings (SSSR count). The van der Waals surface area contributed by atoms with Gasteiger partial charge in [0.05, 0.1) is 43.6 Å². The van der Waals surface area contributed by atoms with Crippen LogP contribution in [0.1, 0.15) is 34.2 Å². The van der Waals surface area contributed by atoms with E-state index in [4.69, 9.17) is 23.9 Å². The lowest BCUT2D eigenvalue weighted by Crippen LogP contribution is -2.47. The first-order valence-electron chi connectivity index (χ1n) is 15.1. The van der Waals surface area contributed by atoms with Crippen LogP contribution in [0.15, 0.2) is 35.7 Å². The molecule has 2 aromatic carbocycles. The van der Waals surface area contributed by atoms with Gasteiger partial charge < -0.3 is 29.0 Å². The molecule has 10 heteroatoms. The van der Waals surface area contributed by atoms with E-state index in [0.29, 0.717) is 45.9 Å². The number of carboxylic acids is 1. The number of aromatic nitrogens is 1. The number of piperidine rings is 1. The van der Waals surface area contributed by atoms with Gasteiger partial charge in [0, 0.05) is 50.8 Å². The van der Waals surface area contributed by atoms with Crippen molar-refractivity contribution >= 4 is 22.4 Å². The van der Waals surface area contributed by atoms with Crippen molar-refractivity contribution in [2.24, 2.45) is 5.92 Å². The van der Waals surface area contributed by atoms with Crippen LogP contribution in [0.25, 0.3) is 11.3 Å². The Kier molecular flexibility index (Phi) is 9.30. The Morgan fingerprint density at radius 3 is 2.86 bits per heavy atom. The van der Waals surface area contributed by atoms with E-state index >= 15 is 0 Å². The lowest BCUT2D eigenvalue weighted by molar-refractivity contribution is -0.147. The van der Waals surface area contributed by atoms with E-state index in [1.807, 2.05) is 6.07 Å². The fourth-order valence-electron chi connectivity index (χ4n) is 6.52. The monoisotopic (exact) mass is 607 g/mol. The summed E-state index contributed by atoms with van der Waals surface area (Å²) in [6.45, 7) is 10.8. The highest BCUT2D eigenvalue weighted by molar-refractivity contribution is 7.14.